The summed E-state index contributed by atoms with van der Waals surface area (Å²) in [6.07, 6.45) is 4.98. The maximum atomic E-state index is 11.4. The van der Waals surface area contributed by atoms with Crippen LogP contribution in [0.15, 0.2) is 35.5 Å². The minimum atomic E-state index is -0.354. The molecule has 2 heterocycles. The normalized spacial score (nSPS) is 9.75. The first-order chi connectivity index (χ1) is 7.74. The van der Waals surface area contributed by atoms with Crippen LogP contribution in [-0.4, -0.2) is 9.97 Å². The fourth-order valence-corrected chi connectivity index (χ4v) is 1.58. The Kier molecular flexibility index (Phi) is 2.52. The van der Waals surface area contributed by atoms with E-state index in [2.05, 4.69) is 9.97 Å². The van der Waals surface area contributed by atoms with Gasteiger partial charge in [-0.15, -0.1) is 0 Å². The molecule has 0 amide bonds. The van der Waals surface area contributed by atoms with Crippen molar-refractivity contribution in [3.8, 4) is 17.2 Å². The SMILES string of the molecule is Cc1c(-c2cccnc2)c[nH]c(=O)c1C#N. The molecule has 16 heavy (non-hydrogen) atoms. The van der Waals surface area contributed by atoms with Crippen molar-refractivity contribution in [2.45, 2.75) is 6.92 Å². The lowest BCUT2D eigenvalue weighted by Crippen LogP contribution is -2.12. The van der Waals surface area contributed by atoms with Gasteiger partial charge in [-0.2, -0.15) is 5.26 Å². The molecule has 0 unspecified atom stereocenters. The largest absolute Gasteiger partial charge is 0.327 e. The molecule has 0 saturated heterocycles. The molecule has 1 N–H and O–H groups in total. The highest BCUT2D eigenvalue weighted by molar-refractivity contribution is 5.67. The molecular formula is C12H9N3O. The van der Waals surface area contributed by atoms with Crippen LogP contribution in [0, 0.1) is 18.3 Å². The Labute approximate surface area is 92.2 Å². The average molecular weight is 211 g/mol. The van der Waals surface area contributed by atoms with Crippen molar-refractivity contribution in [1.29, 1.82) is 5.26 Å². The number of aromatic nitrogens is 2. The van der Waals surface area contributed by atoms with Crippen LogP contribution in [0.5, 0.6) is 0 Å². The quantitative estimate of drug-likeness (QED) is 0.779. The predicted molar refractivity (Wildman–Crippen MR) is 59.7 cm³/mol. The highest BCUT2D eigenvalue weighted by Crippen LogP contribution is 2.21. The molecule has 0 fully saturated rings. The number of nitriles is 1. The van der Waals surface area contributed by atoms with E-state index in [9.17, 15) is 4.79 Å². The summed E-state index contributed by atoms with van der Waals surface area (Å²) in [4.78, 5) is 17.9. The number of rotatable bonds is 1. The molecule has 0 saturated carbocycles. The standard InChI is InChI=1S/C12H9N3O/c1-8-10(5-13)12(16)15-7-11(8)9-3-2-4-14-6-9/h2-4,6-7H,1H3,(H,15,16). The molecule has 0 bridgehead atoms. The van der Waals surface area contributed by atoms with E-state index in [0.29, 0.717) is 5.56 Å². The fourth-order valence-electron chi connectivity index (χ4n) is 1.58. The molecule has 0 radical (unpaired) electrons. The van der Waals surface area contributed by atoms with Crippen LogP contribution in [0.3, 0.4) is 0 Å². The van der Waals surface area contributed by atoms with Gasteiger partial charge in [0.25, 0.3) is 5.56 Å². The summed E-state index contributed by atoms with van der Waals surface area (Å²) in [5, 5.41) is 8.88. The van der Waals surface area contributed by atoms with Crippen molar-refractivity contribution < 1.29 is 0 Å². The number of hydrogen-bond donors (Lipinski definition) is 1. The van der Waals surface area contributed by atoms with Crippen molar-refractivity contribution in [3.05, 3.63) is 52.2 Å². The van der Waals surface area contributed by atoms with Gasteiger partial charge in [0.2, 0.25) is 0 Å². The zero-order chi connectivity index (χ0) is 11.5. The van der Waals surface area contributed by atoms with E-state index in [1.54, 1.807) is 25.5 Å². The van der Waals surface area contributed by atoms with E-state index >= 15 is 0 Å². The molecule has 2 aromatic rings. The zero-order valence-electron chi connectivity index (χ0n) is 8.69. The second-order valence-electron chi connectivity index (χ2n) is 3.38. The minimum Gasteiger partial charge on any atom is -0.327 e. The Balaban J connectivity index is 2.70. The summed E-state index contributed by atoms with van der Waals surface area (Å²) in [7, 11) is 0. The number of hydrogen-bond acceptors (Lipinski definition) is 3. The van der Waals surface area contributed by atoms with E-state index in [1.807, 2.05) is 18.2 Å². The Morgan fingerprint density at radius 1 is 1.50 bits per heavy atom. The van der Waals surface area contributed by atoms with Gasteiger partial charge in [0.15, 0.2) is 0 Å². The third-order valence-electron chi connectivity index (χ3n) is 2.44. The fraction of sp³-hybridized carbons (Fsp3) is 0.0833. The highest BCUT2D eigenvalue weighted by atomic mass is 16.1. The van der Waals surface area contributed by atoms with Gasteiger partial charge in [-0.05, 0) is 18.6 Å². The summed E-state index contributed by atoms with van der Waals surface area (Å²) in [6, 6.07) is 5.60. The van der Waals surface area contributed by atoms with Crippen LogP contribution in [0.25, 0.3) is 11.1 Å². The molecule has 0 aliphatic rings. The van der Waals surface area contributed by atoms with Crippen LogP contribution in [0.4, 0.5) is 0 Å². The van der Waals surface area contributed by atoms with Gasteiger partial charge in [0, 0.05) is 29.7 Å². The van der Waals surface area contributed by atoms with Gasteiger partial charge >= 0.3 is 0 Å². The van der Waals surface area contributed by atoms with E-state index in [-0.39, 0.29) is 11.1 Å². The van der Waals surface area contributed by atoms with Gasteiger partial charge in [0.1, 0.15) is 11.6 Å². The summed E-state index contributed by atoms with van der Waals surface area (Å²) < 4.78 is 0. The Morgan fingerprint density at radius 2 is 2.31 bits per heavy atom. The smallest absolute Gasteiger partial charge is 0.266 e. The number of nitrogens with zero attached hydrogens (tertiary/aromatic N) is 2. The van der Waals surface area contributed by atoms with Gasteiger partial charge in [0.05, 0.1) is 0 Å². The zero-order valence-corrected chi connectivity index (χ0v) is 8.69. The molecule has 0 aromatic carbocycles. The topological polar surface area (TPSA) is 69.5 Å². The molecule has 0 spiro atoms. The molecule has 0 aliphatic heterocycles. The first kappa shape index (κ1) is 10.1. The third-order valence-corrected chi connectivity index (χ3v) is 2.44. The van der Waals surface area contributed by atoms with Gasteiger partial charge in [-0.25, -0.2) is 0 Å². The third kappa shape index (κ3) is 1.59. The number of nitrogens with one attached hydrogen (secondary N) is 1. The maximum absolute atomic E-state index is 11.4. The van der Waals surface area contributed by atoms with E-state index < -0.39 is 0 Å². The van der Waals surface area contributed by atoms with Crippen LogP contribution >= 0.6 is 0 Å². The van der Waals surface area contributed by atoms with Crippen molar-refractivity contribution in [3.63, 3.8) is 0 Å². The van der Waals surface area contributed by atoms with Crippen LogP contribution in [0.1, 0.15) is 11.1 Å². The number of H-pyrrole nitrogens is 1. The first-order valence-electron chi connectivity index (χ1n) is 4.77. The van der Waals surface area contributed by atoms with Crippen LogP contribution < -0.4 is 5.56 Å². The second kappa shape index (κ2) is 3.99. The lowest BCUT2D eigenvalue weighted by Gasteiger charge is -2.05. The highest BCUT2D eigenvalue weighted by Gasteiger charge is 2.09. The molecule has 78 valence electrons. The second-order valence-corrected chi connectivity index (χ2v) is 3.38. The van der Waals surface area contributed by atoms with E-state index in [0.717, 1.165) is 11.1 Å². The summed E-state index contributed by atoms with van der Waals surface area (Å²) in [5.74, 6) is 0. The average Bonchev–Trinajstić information content (AvgIpc) is 2.31. The summed E-state index contributed by atoms with van der Waals surface area (Å²) in [6.45, 7) is 1.76. The lowest BCUT2D eigenvalue weighted by atomic mass is 10.0. The molecule has 2 aromatic heterocycles. The van der Waals surface area contributed by atoms with Crippen molar-refractivity contribution in [2.75, 3.05) is 0 Å². The summed E-state index contributed by atoms with van der Waals surface area (Å²) >= 11 is 0. The molecular weight excluding hydrogens is 202 g/mol. The van der Waals surface area contributed by atoms with E-state index in [1.165, 1.54) is 0 Å². The Bertz CT molecular complexity index is 608. The van der Waals surface area contributed by atoms with Gasteiger partial charge in [-0.3, -0.25) is 9.78 Å². The minimum absolute atomic E-state index is 0.154. The summed E-state index contributed by atoms with van der Waals surface area (Å²) in [5.41, 5.74) is 2.19. The Hall–Kier alpha value is -2.41. The monoisotopic (exact) mass is 211 g/mol. The van der Waals surface area contributed by atoms with Gasteiger partial charge < -0.3 is 4.98 Å². The van der Waals surface area contributed by atoms with Crippen molar-refractivity contribution in [2.24, 2.45) is 0 Å². The maximum Gasteiger partial charge on any atom is 0.266 e. The lowest BCUT2D eigenvalue weighted by molar-refractivity contribution is 1.18. The van der Waals surface area contributed by atoms with Crippen molar-refractivity contribution >= 4 is 0 Å². The van der Waals surface area contributed by atoms with Gasteiger partial charge in [-0.1, -0.05) is 6.07 Å². The van der Waals surface area contributed by atoms with E-state index in [4.69, 9.17) is 5.26 Å². The number of aromatic amines is 1. The predicted octanol–water partition coefficient (Wildman–Crippen LogP) is 1.62. The number of pyridine rings is 2. The molecule has 4 heteroatoms. The molecule has 2 rings (SSSR count). The van der Waals surface area contributed by atoms with Crippen molar-refractivity contribution in [1.82, 2.24) is 9.97 Å². The Morgan fingerprint density at radius 3 is 2.94 bits per heavy atom. The van der Waals surface area contributed by atoms with Crippen LogP contribution in [0.2, 0.25) is 0 Å². The molecule has 4 nitrogen and oxygen atoms in total. The first-order valence-corrected chi connectivity index (χ1v) is 4.77. The molecule has 0 aliphatic carbocycles. The van der Waals surface area contributed by atoms with Crippen LogP contribution in [-0.2, 0) is 0 Å². The molecule has 0 atom stereocenters.